The lowest BCUT2D eigenvalue weighted by Crippen LogP contribution is -2.39. The van der Waals surface area contributed by atoms with Gasteiger partial charge in [0.15, 0.2) is 15.8 Å². The number of halogens is 2. The Kier molecular flexibility index (Phi) is 11.2. The molecule has 0 atom stereocenters. The molecule has 9 heteroatoms. The molecule has 0 heterocycles. The molecule has 0 unspecified atom stereocenters. The van der Waals surface area contributed by atoms with Crippen molar-refractivity contribution >= 4 is 63.1 Å². The predicted octanol–water partition coefficient (Wildman–Crippen LogP) is 3.86. The molecule has 0 aliphatic carbocycles. The quantitative estimate of drug-likeness (QED) is 0.171. The first-order valence-corrected chi connectivity index (χ1v) is 11.8. The smallest absolute Gasteiger partial charge is 0.191 e. The summed E-state index contributed by atoms with van der Waals surface area (Å²) in [5.74, 6) is 1.66. The topological polar surface area (TPSA) is 70.6 Å². The molecule has 2 aromatic rings. The highest BCUT2D eigenvalue weighted by atomic mass is 127. The lowest BCUT2D eigenvalue weighted by Gasteiger charge is -2.12. The Hall–Kier alpha value is -0.970. The van der Waals surface area contributed by atoms with E-state index in [0.717, 1.165) is 35.3 Å². The van der Waals surface area contributed by atoms with E-state index in [-0.39, 0.29) is 24.0 Å². The summed E-state index contributed by atoms with van der Waals surface area (Å²) in [6.45, 7) is 1.50. The number of nitrogens with one attached hydrogen (secondary N) is 2. The van der Waals surface area contributed by atoms with Crippen LogP contribution >= 0.6 is 47.3 Å². The van der Waals surface area contributed by atoms with Crippen molar-refractivity contribution in [3.05, 3.63) is 59.1 Å². The molecule has 0 aliphatic heterocycles. The standard InChI is InChI=1S/C19H24ClN3O2S2.HI/c1-21-19(23-13-14-26-17-7-5-16(20)6-8-17)22-12-11-15-3-9-18(10-4-15)27(2,24)25;/h3-10H,11-14H2,1-2H3,(H2,21,22,23);1H. The SMILES string of the molecule is CN=C(NCCSc1ccc(Cl)cc1)NCCc1ccc(S(C)(=O)=O)cc1.I. The Balaban J connectivity index is 0.00000392. The van der Waals surface area contributed by atoms with E-state index in [9.17, 15) is 8.42 Å². The number of nitrogens with zero attached hydrogens (tertiary/aromatic N) is 1. The summed E-state index contributed by atoms with van der Waals surface area (Å²) >= 11 is 7.63. The van der Waals surface area contributed by atoms with Gasteiger partial charge in [0.25, 0.3) is 0 Å². The average molecular weight is 554 g/mol. The van der Waals surface area contributed by atoms with Gasteiger partial charge < -0.3 is 10.6 Å². The maximum Gasteiger partial charge on any atom is 0.191 e. The molecule has 2 N–H and O–H groups in total. The van der Waals surface area contributed by atoms with E-state index in [2.05, 4.69) is 15.6 Å². The van der Waals surface area contributed by atoms with Crippen LogP contribution in [-0.2, 0) is 16.3 Å². The van der Waals surface area contributed by atoms with E-state index in [1.165, 1.54) is 11.2 Å². The van der Waals surface area contributed by atoms with E-state index >= 15 is 0 Å². The second kappa shape index (κ2) is 12.6. The molecule has 0 spiro atoms. The van der Waals surface area contributed by atoms with E-state index in [0.29, 0.717) is 11.4 Å². The molecule has 0 saturated heterocycles. The minimum atomic E-state index is -3.15. The molecule has 0 aromatic heterocycles. The van der Waals surface area contributed by atoms with Gasteiger partial charge in [-0.05, 0) is 48.4 Å². The van der Waals surface area contributed by atoms with Gasteiger partial charge in [-0.25, -0.2) is 8.42 Å². The average Bonchev–Trinajstić information content (AvgIpc) is 2.65. The molecule has 2 rings (SSSR count). The molecule has 5 nitrogen and oxygen atoms in total. The number of thioether (sulfide) groups is 1. The number of hydrogen-bond donors (Lipinski definition) is 2. The number of benzene rings is 2. The number of rotatable bonds is 8. The maximum atomic E-state index is 11.5. The molecule has 2 aromatic carbocycles. The van der Waals surface area contributed by atoms with Crippen LogP contribution in [0, 0.1) is 0 Å². The zero-order valence-electron chi connectivity index (χ0n) is 15.8. The highest BCUT2D eigenvalue weighted by Crippen LogP contribution is 2.19. The lowest BCUT2D eigenvalue weighted by molar-refractivity contribution is 0.602. The normalized spacial score (nSPS) is 11.6. The van der Waals surface area contributed by atoms with Crippen LogP contribution in [0.3, 0.4) is 0 Å². The van der Waals surface area contributed by atoms with Crippen LogP contribution in [0.1, 0.15) is 5.56 Å². The first kappa shape index (κ1) is 25.1. The fourth-order valence-corrected chi connectivity index (χ4v) is 3.84. The van der Waals surface area contributed by atoms with Crippen molar-refractivity contribution in [1.82, 2.24) is 10.6 Å². The highest BCUT2D eigenvalue weighted by Gasteiger charge is 2.06. The molecule has 0 fully saturated rings. The van der Waals surface area contributed by atoms with Gasteiger partial charge in [0, 0.05) is 42.1 Å². The van der Waals surface area contributed by atoms with Crippen molar-refractivity contribution in [2.45, 2.75) is 16.2 Å². The largest absolute Gasteiger partial charge is 0.356 e. The first-order chi connectivity index (χ1) is 12.9. The maximum absolute atomic E-state index is 11.5. The Morgan fingerprint density at radius 3 is 2.21 bits per heavy atom. The summed E-state index contributed by atoms with van der Waals surface area (Å²) in [7, 11) is -1.41. The van der Waals surface area contributed by atoms with Crippen LogP contribution in [0.15, 0.2) is 63.3 Å². The number of sulfone groups is 1. The molecule has 0 bridgehead atoms. The molecule has 0 saturated carbocycles. The third-order valence-corrected chi connectivity index (χ3v) is 6.15. The Labute approximate surface area is 193 Å². The summed E-state index contributed by atoms with van der Waals surface area (Å²) in [6.07, 6.45) is 1.99. The van der Waals surface area contributed by atoms with Crippen molar-refractivity contribution < 1.29 is 8.42 Å². The van der Waals surface area contributed by atoms with E-state index in [4.69, 9.17) is 11.6 Å². The zero-order chi connectivity index (χ0) is 19.7. The second-order valence-corrected chi connectivity index (χ2v) is 9.51. The van der Waals surface area contributed by atoms with Crippen LogP contribution in [0.2, 0.25) is 5.02 Å². The minimum absolute atomic E-state index is 0. The molecule has 154 valence electrons. The van der Waals surface area contributed by atoms with Crippen LogP contribution in [-0.4, -0.2) is 46.5 Å². The molecule has 0 radical (unpaired) electrons. The van der Waals surface area contributed by atoms with Crippen LogP contribution in [0.4, 0.5) is 0 Å². The molecule has 28 heavy (non-hydrogen) atoms. The van der Waals surface area contributed by atoms with Gasteiger partial charge in [-0.15, -0.1) is 35.7 Å². The third-order valence-electron chi connectivity index (χ3n) is 3.76. The summed E-state index contributed by atoms with van der Waals surface area (Å²) in [6, 6.07) is 14.8. The Morgan fingerprint density at radius 1 is 1.04 bits per heavy atom. The van der Waals surface area contributed by atoms with Crippen molar-refractivity contribution in [3.63, 3.8) is 0 Å². The number of guanidine groups is 1. The number of aliphatic imine (C=N–C) groups is 1. The van der Waals surface area contributed by atoms with Gasteiger partial charge in [0.2, 0.25) is 0 Å². The highest BCUT2D eigenvalue weighted by molar-refractivity contribution is 14.0. The van der Waals surface area contributed by atoms with Crippen LogP contribution < -0.4 is 10.6 Å². The summed E-state index contributed by atoms with van der Waals surface area (Å²) < 4.78 is 22.9. The molecular formula is C19H25ClIN3O2S2. The summed E-state index contributed by atoms with van der Waals surface area (Å²) in [5.41, 5.74) is 1.07. The third kappa shape index (κ3) is 9.02. The fraction of sp³-hybridized carbons (Fsp3) is 0.316. The second-order valence-electron chi connectivity index (χ2n) is 5.89. The van der Waals surface area contributed by atoms with Gasteiger partial charge in [0.05, 0.1) is 4.90 Å². The van der Waals surface area contributed by atoms with Crippen molar-refractivity contribution in [3.8, 4) is 0 Å². The minimum Gasteiger partial charge on any atom is -0.356 e. The van der Waals surface area contributed by atoms with E-state index in [1.54, 1.807) is 30.9 Å². The molecule has 0 amide bonds. The number of hydrogen-bond acceptors (Lipinski definition) is 4. The van der Waals surface area contributed by atoms with Crippen molar-refractivity contribution in [2.75, 3.05) is 32.1 Å². The first-order valence-electron chi connectivity index (χ1n) is 8.50. The zero-order valence-corrected chi connectivity index (χ0v) is 20.5. The van der Waals surface area contributed by atoms with E-state index < -0.39 is 9.84 Å². The van der Waals surface area contributed by atoms with Gasteiger partial charge in [-0.3, -0.25) is 4.99 Å². The molecule has 0 aliphatic rings. The van der Waals surface area contributed by atoms with Crippen LogP contribution in [0.5, 0.6) is 0 Å². The summed E-state index contributed by atoms with van der Waals surface area (Å²) in [5, 5.41) is 7.29. The van der Waals surface area contributed by atoms with Gasteiger partial charge in [-0.2, -0.15) is 0 Å². The van der Waals surface area contributed by atoms with Gasteiger partial charge in [-0.1, -0.05) is 23.7 Å². The van der Waals surface area contributed by atoms with Crippen molar-refractivity contribution in [2.24, 2.45) is 4.99 Å². The van der Waals surface area contributed by atoms with E-state index in [1.807, 2.05) is 36.4 Å². The predicted molar refractivity (Wildman–Crippen MR) is 130 cm³/mol. The monoisotopic (exact) mass is 553 g/mol. The fourth-order valence-electron chi connectivity index (χ4n) is 2.32. The lowest BCUT2D eigenvalue weighted by atomic mass is 10.1. The van der Waals surface area contributed by atoms with Crippen LogP contribution in [0.25, 0.3) is 0 Å². The Bertz CT molecular complexity index is 858. The summed E-state index contributed by atoms with van der Waals surface area (Å²) in [4.78, 5) is 5.73. The van der Waals surface area contributed by atoms with Gasteiger partial charge >= 0.3 is 0 Å². The van der Waals surface area contributed by atoms with Gasteiger partial charge in [0.1, 0.15) is 0 Å². The Morgan fingerprint density at radius 2 is 1.64 bits per heavy atom. The molecular weight excluding hydrogens is 529 g/mol. The van der Waals surface area contributed by atoms with Crippen molar-refractivity contribution in [1.29, 1.82) is 0 Å².